The smallest absolute Gasteiger partial charge is 0.111 e. The molecule has 1 heterocycles. The van der Waals surface area contributed by atoms with Crippen LogP contribution in [0.4, 0.5) is 0 Å². The van der Waals surface area contributed by atoms with E-state index in [2.05, 4.69) is 44.7 Å². The molecule has 0 amide bonds. The fourth-order valence-corrected chi connectivity index (χ4v) is 7.42. The molecule has 0 saturated heterocycles. The van der Waals surface area contributed by atoms with Gasteiger partial charge in [-0.1, -0.05) is 220 Å². The van der Waals surface area contributed by atoms with Gasteiger partial charge in [-0.2, -0.15) is 0 Å². The normalized spacial score (nSPS) is 13.1. The highest BCUT2D eigenvalue weighted by atomic mass is 15.1. The zero-order valence-corrected chi connectivity index (χ0v) is 31.7. The topological polar surface area (TPSA) is 17.8 Å². The molecule has 0 bridgehead atoms. The molecule has 0 saturated carbocycles. The first kappa shape index (κ1) is 42.2. The van der Waals surface area contributed by atoms with E-state index in [9.17, 15) is 0 Å². The minimum atomic E-state index is 0.588. The van der Waals surface area contributed by atoms with E-state index in [4.69, 9.17) is 4.98 Å². The fraction of sp³-hybridized carbons (Fsp3) is 0.930. The Morgan fingerprint density at radius 2 is 0.711 bits per heavy atom. The van der Waals surface area contributed by atoms with Gasteiger partial charge in [0.2, 0.25) is 0 Å². The van der Waals surface area contributed by atoms with Crippen molar-refractivity contribution in [2.45, 2.75) is 258 Å². The summed E-state index contributed by atoms with van der Waals surface area (Å²) < 4.78 is 2.58. The van der Waals surface area contributed by atoms with Crippen LogP contribution < -0.4 is 0 Å². The first-order valence-electron chi connectivity index (χ1n) is 21.3. The van der Waals surface area contributed by atoms with Crippen LogP contribution in [-0.2, 0) is 0 Å². The van der Waals surface area contributed by atoms with E-state index in [1.54, 1.807) is 0 Å². The maximum Gasteiger partial charge on any atom is 0.111 e. The second-order valence-electron chi connectivity index (χ2n) is 15.0. The highest BCUT2D eigenvalue weighted by Crippen LogP contribution is 2.30. The first-order chi connectivity index (χ1) is 22.2. The Kier molecular flexibility index (Phi) is 31.1. The van der Waals surface area contributed by atoms with Crippen LogP contribution in [-0.4, -0.2) is 9.55 Å². The van der Waals surface area contributed by atoms with Crippen molar-refractivity contribution >= 4 is 0 Å². The largest absolute Gasteiger partial charge is 0.332 e. The van der Waals surface area contributed by atoms with Crippen molar-refractivity contribution in [2.75, 3.05) is 0 Å². The summed E-state index contributed by atoms with van der Waals surface area (Å²) in [4.78, 5) is 5.00. The van der Waals surface area contributed by atoms with Gasteiger partial charge in [0, 0.05) is 24.4 Å². The molecule has 2 heteroatoms. The van der Waals surface area contributed by atoms with E-state index < -0.39 is 0 Å². The number of nitrogens with zero attached hydrogens (tertiary/aromatic N) is 2. The Morgan fingerprint density at radius 3 is 1.07 bits per heavy atom. The molecule has 0 spiro atoms. The van der Waals surface area contributed by atoms with Gasteiger partial charge < -0.3 is 4.57 Å². The van der Waals surface area contributed by atoms with Gasteiger partial charge in [-0.15, -0.1) is 0 Å². The second kappa shape index (κ2) is 33.1. The number of hydrogen-bond donors (Lipinski definition) is 0. The van der Waals surface area contributed by atoms with Crippen molar-refractivity contribution in [2.24, 2.45) is 0 Å². The number of unbranched alkanes of at least 4 members (excludes halogenated alkanes) is 28. The zero-order valence-electron chi connectivity index (χ0n) is 31.7. The van der Waals surface area contributed by atoms with E-state index in [1.165, 1.54) is 224 Å². The highest BCUT2D eigenvalue weighted by Gasteiger charge is 2.19. The Labute approximate surface area is 285 Å². The molecule has 1 aromatic rings. The van der Waals surface area contributed by atoms with Gasteiger partial charge in [-0.05, 0) is 26.2 Å². The van der Waals surface area contributed by atoms with Crippen LogP contribution in [0.5, 0.6) is 0 Å². The lowest BCUT2D eigenvalue weighted by Gasteiger charge is -2.22. The summed E-state index contributed by atoms with van der Waals surface area (Å²) in [6.45, 7) is 9.40. The lowest BCUT2D eigenvalue weighted by Crippen LogP contribution is -2.13. The van der Waals surface area contributed by atoms with E-state index >= 15 is 0 Å². The van der Waals surface area contributed by atoms with Crippen molar-refractivity contribution in [1.29, 1.82) is 0 Å². The van der Waals surface area contributed by atoms with Crippen molar-refractivity contribution in [1.82, 2.24) is 9.55 Å². The van der Waals surface area contributed by atoms with Gasteiger partial charge in [0.25, 0.3) is 0 Å². The Hall–Kier alpha value is -0.790. The van der Waals surface area contributed by atoms with Crippen LogP contribution in [0.3, 0.4) is 0 Å². The van der Waals surface area contributed by atoms with Crippen molar-refractivity contribution in [3.05, 3.63) is 18.2 Å². The van der Waals surface area contributed by atoms with Crippen LogP contribution in [0, 0.1) is 0 Å². The summed E-state index contributed by atoms with van der Waals surface area (Å²) >= 11 is 0. The first-order valence-corrected chi connectivity index (χ1v) is 21.3. The van der Waals surface area contributed by atoms with Gasteiger partial charge in [0.05, 0.1) is 0 Å². The zero-order chi connectivity index (χ0) is 32.5. The Balaban J connectivity index is 2.25. The molecule has 0 aliphatic heterocycles. The molecule has 0 aromatic carbocycles. The quantitative estimate of drug-likeness (QED) is 0.0676. The maximum absolute atomic E-state index is 5.00. The molecular weight excluding hydrogens is 544 g/mol. The molecular formula is C43H84N2. The molecule has 0 N–H and O–H groups in total. The molecule has 2 unspecified atom stereocenters. The minimum absolute atomic E-state index is 0.588. The van der Waals surface area contributed by atoms with E-state index in [-0.39, 0.29) is 0 Å². The summed E-state index contributed by atoms with van der Waals surface area (Å²) in [5.41, 5.74) is 0. The summed E-state index contributed by atoms with van der Waals surface area (Å²) in [6.07, 6.45) is 52.7. The van der Waals surface area contributed by atoms with Crippen LogP contribution in [0.15, 0.2) is 12.4 Å². The summed E-state index contributed by atoms with van der Waals surface area (Å²) in [5, 5.41) is 0. The van der Waals surface area contributed by atoms with Crippen LogP contribution >= 0.6 is 0 Å². The number of hydrogen-bond acceptors (Lipinski definition) is 1. The van der Waals surface area contributed by atoms with Gasteiger partial charge in [0.15, 0.2) is 0 Å². The number of rotatable bonds is 36. The molecule has 1 aromatic heterocycles. The lowest BCUT2D eigenvalue weighted by molar-refractivity contribution is 0.413. The molecule has 2 atom stereocenters. The third kappa shape index (κ3) is 25.0. The minimum Gasteiger partial charge on any atom is -0.332 e. The van der Waals surface area contributed by atoms with Crippen LogP contribution in [0.2, 0.25) is 0 Å². The third-order valence-corrected chi connectivity index (χ3v) is 10.6. The predicted molar refractivity (Wildman–Crippen MR) is 204 cm³/mol. The number of imidazole rings is 1. The molecule has 0 aliphatic rings. The Morgan fingerprint density at radius 1 is 0.422 bits per heavy atom. The molecule has 1 rings (SSSR count). The van der Waals surface area contributed by atoms with Crippen LogP contribution in [0.1, 0.15) is 264 Å². The summed E-state index contributed by atoms with van der Waals surface area (Å²) in [7, 11) is 0. The van der Waals surface area contributed by atoms with Gasteiger partial charge in [0.1, 0.15) is 5.82 Å². The molecule has 266 valence electrons. The third-order valence-electron chi connectivity index (χ3n) is 10.6. The summed E-state index contributed by atoms with van der Waals surface area (Å²) in [5.74, 6) is 2.06. The van der Waals surface area contributed by atoms with Gasteiger partial charge >= 0.3 is 0 Å². The van der Waals surface area contributed by atoms with Crippen LogP contribution in [0.25, 0.3) is 0 Å². The molecule has 0 radical (unpaired) electrons. The monoisotopic (exact) mass is 629 g/mol. The fourth-order valence-electron chi connectivity index (χ4n) is 7.42. The van der Waals surface area contributed by atoms with E-state index in [0.717, 1.165) is 0 Å². The SMILES string of the molecule is CCCCCCCCCCCCCCCCCC(CCCCCC)c1nccn1C(C)CCCCCCCCCCCCCC. The standard InChI is InChI=1S/C43H84N2/c1-5-8-11-14-16-18-20-22-23-24-26-28-30-32-35-38-42(37-34-13-10-7-3)43-44-39-40-45(43)41(4)36-33-31-29-27-25-21-19-17-15-12-9-6-2/h39-42H,5-38H2,1-4H3. The van der Waals surface area contributed by atoms with Gasteiger partial charge in [-0.25, -0.2) is 4.98 Å². The lowest BCUT2D eigenvalue weighted by atomic mass is 9.93. The Bertz CT molecular complexity index is 694. The van der Waals surface area contributed by atoms with Crippen molar-refractivity contribution in [3.8, 4) is 0 Å². The average Bonchev–Trinajstić information content (AvgIpc) is 3.54. The maximum atomic E-state index is 5.00. The second-order valence-corrected chi connectivity index (χ2v) is 15.0. The van der Waals surface area contributed by atoms with Crippen molar-refractivity contribution in [3.63, 3.8) is 0 Å². The van der Waals surface area contributed by atoms with E-state index in [0.29, 0.717) is 12.0 Å². The predicted octanol–water partition coefficient (Wildman–Crippen LogP) is 15.9. The molecule has 2 nitrogen and oxygen atoms in total. The number of aromatic nitrogens is 2. The van der Waals surface area contributed by atoms with Crippen molar-refractivity contribution < 1.29 is 0 Å². The molecule has 45 heavy (non-hydrogen) atoms. The molecule has 0 fully saturated rings. The van der Waals surface area contributed by atoms with Gasteiger partial charge in [-0.3, -0.25) is 0 Å². The average molecular weight is 629 g/mol. The van der Waals surface area contributed by atoms with E-state index in [1.807, 2.05) is 0 Å². The summed E-state index contributed by atoms with van der Waals surface area (Å²) in [6, 6.07) is 0.588. The highest BCUT2D eigenvalue weighted by molar-refractivity contribution is 5.02. The molecule has 0 aliphatic carbocycles.